The van der Waals surface area contributed by atoms with Crippen molar-refractivity contribution in [1.29, 1.82) is 5.41 Å². The first-order chi connectivity index (χ1) is 14.8. The SMILES string of the molecule is CC1CCc2c(C(=O)N3CCC(CNC(=O)CC4SC(=N)NC4=O)C(C)C3)csc2C1. The van der Waals surface area contributed by atoms with Gasteiger partial charge in [-0.2, -0.15) is 0 Å². The number of piperidine rings is 1. The second-order valence-corrected chi connectivity index (χ2v) is 11.3. The van der Waals surface area contributed by atoms with Gasteiger partial charge < -0.3 is 15.5 Å². The number of thioether (sulfide) groups is 1. The van der Waals surface area contributed by atoms with Crippen LogP contribution in [0.1, 0.15) is 53.9 Å². The Morgan fingerprint density at radius 3 is 2.84 bits per heavy atom. The van der Waals surface area contributed by atoms with Gasteiger partial charge in [-0.3, -0.25) is 19.8 Å². The summed E-state index contributed by atoms with van der Waals surface area (Å²) in [5.41, 5.74) is 2.18. The van der Waals surface area contributed by atoms with E-state index in [1.165, 1.54) is 10.4 Å². The Morgan fingerprint density at radius 2 is 2.13 bits per heavy atom. The molecule has 3 amide bonds. The molecular weight excluding hydrogens is 432 g/mol. The number of rotatable bonds is 5. The molecule has 3 N–H and O–H groups in total. The van der Waals surface area contributed by atoms with Crippen LogP contribution in [0, 0.1) is 23.2 Å². The van der Waals surface area contributed by atoms with Crippen molar-refractivity contribution in [3.8, 4) is 0 Å². The summed E-state index contributed by atoms with van der Waals surface area (Å²) in [5, 5.41) is 14.5. The molecular formula is C22H30N4O3S2. The number of hydrogen-bond donors (Lipinski definition) is 3. The highest BCUT2D eigenvalue weighted by Crippen LogP contribution is 2.34. The number of carbonyl (C=O) groups excluding carboxylic acids is 3. The van der Waals surface area contributed by atoms with E-state index in [1.54, 1.807) is 11.3 Å². The average molecular weight is 463 g/mol. The average Bonchev–Trinajstić information content (AvgIpc) is 3.28. The zero-order chi connectivity index (χ0) is 22.1. The number of fused-ring (bicyclic) bond motifs is 1. The van der Waals surface area contributed by atoms with E-state index < -0.39 is 5.25 Å². The lowest BCUT2D eigenvalue weighted by Crippen LogP contribution is -2.46. The zero-order valence-corrected chi connectivity index (χ0v) is 19.7. The van der Waals surface area contributed by atoms with E-state index in [1.807, 2.05) is 4.90 Å². The fourth-order valence-electron chi connectivity index (χ4n) is 4.75. The van der Waals surface area contributed by atoms with Gasteiger partial charge in [-0.1, -0.05) is 25.6 Å². The van der Waals surface area contributed by atoms with Crippen LogP contribution in [0.15, 0.2) is 5.38 Å². The van der Waals surface area contributed by atoms with Crippen LogP contribution in [0.25, 0.3) is 0 Å². The highest BCUT2D eigenvalue weighted by Gasteiger charge is 2.33. The molecule has 3 heterocycles. The summed E-state index contributed by atoms with van der Waals surface area (Å²) in [4.78, 5) is 40.5. The van der Waals surface area contributed by atoms with Crippen molar-refractivity contribution in [2.75, 3.05) is 19.6 Å². The maximum atomic E-state index is 13.2. The lowest BCUT2D eigenvalue weighted by molar-refractivity contribution is -0.125. The van der Waals surface area contributed by atoms with E-state index in [0.717, 1.165) is 43.0 Å². The Bertz CT molecular complexity index is 899. The smallest absolute Gasteiger partial charge is 0.254 e. The highest BCUT2D eigenvalue weighted by molar-refractivity contribution is 8.15. The second kappa shape index (κ2) is 9.32. The van der Waals surface area contributed by atoms with Gasteiger partial charge in [0.25, 0.3) is 5.91 Å². The number of nitrogens with zero attached hydrogens (tertiary/aromatic N) is 1. The van der Waals surface area contributed by atoms with Gasteiger partial charge in [0.05, 0.1) is 5.56 Å². The molecule has 0 spiro atoms. The summed E-state index contributed by atoms with van der Waals surface area (Å²) >= 11 is 2.83. The molecule has 1 aliphatic carbocycles. The number of hydrogen-bond acceptors (Lipinski definition) is 6. The van der Waals surface area contributed by atoms with Crippen LogP contribution in [0.2, 0.25) is 0 Å². The standard InChI is InChI=1S/C22H30N4O3S2/c1-12-3-4-15-16(11-30-17(15)7-12)21(29)26-6-5-14(13(2)10-26)9-24-19(27)8-18-20(28)25-22(23)31-18/h11-14,18H,3-10H2,1-2H3,(H,24,27)(H2,23,25,28). The van der Waals surface area contributed by atoms with Crippen LogP contribution in [-0.4, -0.2) is 52.7 Å². The van der Waals surface area contributed by atoms with Crippen LogP contribution in [0.4, 0.5) is 0 Å². The van der Waals surface area contributed by atoms with E-state index in [4.69, 9.17) is 5.41 Å². The van der Waals surface area contributed by atoms with Crippen molar-refractivity contribution in [1.82, 2.24) is 15.5 Å². The van der Waals surface area contributed by atoms with Gasteiger partial charge in [0.15, 0.2) is 5.17 Å². The Hall–Kier alpha value is -1.87. The molecule has 9 heteroatoms. The van der Waals surface area contributed by atoms with Gasteiger partial charge in [0, 0.05) is 36.3 Å². The van der Waals surface area contributed by atoms with Crippen molar-refractivity contribution in [3.63, 3.8) is 0 Å². The van der Waals surface area contributed by atoms with Crippen molar-refractivity contribution in [3.05, 3.63) is 21.4 Å². The Balaban J connectivity index is 1.27. The van der Waals surface area contributed by atoms with E-state index in [9.17, 15) is 14.4 Å². The van der Waals surface area contributed by atoms with Gasteiger partial charge in [0.1, 0.15) is 5.25 Å². The molecule has 4 unspecified atom stereocenters. The molecule has 4 atom stereocenters. The van der Waals surface area contributed by atoms with Gasteiger partial charge in [-0.25, -0.2) is 0 Å². The maximum Gasteiger partial charge on any atom is 0.254 e. The number of carbonyl (C=O) groups is 3. The normalized spacial score (nSPS) is 28.3. The summed E-state index contributed by atoms with van der Waals surface area (Å²) in [7, 11) is 0. The first kappa shape index (κ1) is 22.3. The first-order valence-electron chi connectivity index (χ1n) is 11.0. The lowest BCUT2D eigenvalue weighted by atomic mass is 9.85. The Kier molecular flexibility index (Phi) is 6.71. The monoisotopic (exact) mass is 462 g/mol. The number of nitrogens with one attached hydrogen (secondary N) is 3. The number of likely N-dealkylation sites (tertiary alicyclic amines) is 1. The van der Waals surface area contributed by atoms with Gasteiger partial charge in [-0.05, 0) is 49.0 Å². The molecule has 7 nitrogen and oxygen atoms in total. The number of amidine groups is 1. The van der Waals surface area contributed by atoms with E-state index >= 15 is 0 Å². The predicted octanol–water partition coefficient (Wildman–Crippen LogP) is 2.64. The van der Waals surface area contributed by atoms with E-state index in [-0.39, 0.29) is 29.3 Å². The first-order valence-corrected chi connectivity index (χ1v) is 12.8. The second-order valence-electron chi connectivity index (χ2n) is 9.11. The summed E-state index contributed by atoms with van der Waals surface area (Å²) in [6.45, 7) is 6.40. The van der Waals surface area contributed by atoms with Crippen molar-refractivity contribution in [2.45, 2.75) is 51.2 Å². The van der Waals surface area contributed by atoms with E-state index in [0.29, 0.717) is 37.4 Å². The fourth-order valence-corrected chi connectivity index (χ4v) is 6.83. The third-order valence-corrected chi connectivity index (χ3v) is 8.78. The minimum atomic E-state index is -0.510. The van der Waals surface area contributed by atoms with Gasteiger partial charge in [0.2, 0.25) is 11.8 Å². The third kappa shape index (κ3) is 4.98. The molecule has 1 aromatic heterocycles. The summed E-state index contributed by atoms with van der Waals surface area (Å²) in [6, 6.07) is 0. The molecule has 3 aliphatic rings. The van der Waals surface area contributed by atoms with Crippen LogP contribution >= 0.6 is 23.1 Å². The molecule has 0 bridgehead atoms. The zero-order valence-electron chi connectivity index (χ0n) is 18.0. The fraction of sp³-hybridized carbons (Fsp3) is 0.636. The summed E-state index contributed by atoms with van der Waals surface area (Å²) in [5.74, 6) is 1.04. The quantitative estimate of drug-likeness (QED) is 0.626. The minimum absolute atomic E-state index is 0.0898. The van der Waals surface area contributed by atoms with Crippen molar-refractivity contribution < 1.29 is 14.4 Å². The topological polar surface area (TPSA) is 102 Å². The van der Waals surface area contributed by atoms with Crippen molar-refractivity contribution >= 4 is 46.0 Å². The van der Waals surface area contributed by atoms with Crippen LogP contribution in [0.3, 0.4) is 0 Å². The maximum absolute atomic E-state index is 13.2. The van der Waals surface area contributed by atoms with Gasteiger partial charge in [-0.15, -0.1) is 11.3 Å². The summed E-state index contributed by atoms with van der Waals surface area (Å²) < 4.78 is 0. The van der Waals surface area contributed by atoms with Crippen LogP contribution in [-0.2, 0) is 22.4 Å². The molecule has 4 rings (SSSR count). The largest absolute Gasteiger partial charge is 0.356 e. The Morgan fingerprint density at radius 1 is 1.32 bits per heavy atom. The van der Waals surface area contributed by atoms with Crippen LogP contribution in [0.5, 0.6) is 0 Å². The number of amides is 3. The molecule has 2 saturated heterocycles. The molecule has 1 aromatic rings. The molecule has 2 aliphatic heterocycles. The molecule has 0 radical (unpaired) electrons. The molecule has 0 aromatic carbocycles. The lowest BCUT2D eigenvalue weighted by Gasteiger charge is -2.37. The minimum Gasteiger partial charge on any atom is -0.356 e. The third-order valence-electron chi connectivity index (χ3n) is 6.72. The predicted molar refractivity (Wildman–Crippen MR) is 124 cm³/mol. The van der Waals surface area contributed by atoms with Crippen molar-refractivity contribution in [2.24, 2.45) is 17.8 Å². The molecule has 168 valence electrons. The summed E-state index contributed by atoms with van der Waals surface area (Å²) in [6.07, 6.45) is 4.21. The van der Waals surface area contributed by atoms with E-state index in [2.05, 4.69) is 29.9 Å². The number of thiophene rings is 1. The van der Waals surface area contributed by atoms with Crippen LogP contribution < -0.4 is 10.6 Å². The highest BCUT2D eigenvalue weighted by atomic mass is 32.2. The molecule has 31 heavy (non-hydrogen) atoms. The van der Waals surface area contributed by atoms with Gasteiger partial charge >= 0.3 is 0 Å². The Labute approximate surface area is 191 Å². The molecule has 2 fully saturated rings. The molecule has 0 saturated carbocycles.